The predicted molar refractivity (Wildman–Crippen MR) is 40.4 cm³/mol. The Morgan fingerprint density at radius 2 is 2.00 bits per heavy atom. The van der Waals surface area contributed by atoms with Crippen molar-refractivity contribution in [3.05, 3.63) is 24.3 Å². The van der Waals surface area contributed by atoms with Crippen LogP contribution in [0.4, 0.5) is 0 Å². The monoisotopic (exact) mass is 126 g/mol. The van der Waals surface area contributed by atoms with E-state index in [1.165, 1.54) is 0 Å². The molecule has 0 saturated carbocycles. The Hall–Kier alpha value is -0.560. The highest BCUT2D eigenvalue weighted by Gasteiger charge is 1.86. The summed E-state index contributed by atoms with van der Waals surface area (Å²) >= 11 is 0. The van der Waals surface area contributed by atoms with Crippen molar-refractivity contribution in [2.45, 2.75) is 20.0 Å². The van der Waals surface area contributed by atoms with E-state index in [1.54, 1.807) is 7.11 Å². The summed E-state index contributed by atoms with van der Waals surface area (Å²) in [4.78, 5) is 0. The molecule has 0 heterocycles. The molecule has 1 nitrogen and oxygen atoms in total. The summed E-state index contributed by atoms with van der Waals surface area (Å²) in [7, 11) is 1.70. The Bertz CT molecular complexity index is 103. The fourth-order valence-corrected chi connectivity index (χ4v) is 0.410. The molecule has 0 radical (unpaired) electrons. The SMILES string of the molecule is C/C=C\C=C\C(C)OC. The van der Waals surface area contributed by atoms with E-state index in [1.807, 2.05) is 38.2 Å². The van der Waals surface area contributed by atoms with Gasteiger partial charge in [-0.15, -0.1) is 0 Å². The van der Waals surface area contributed by atoms with Gasteiger partial charge in [0.25, 0.3) is 0 Å². The molecule has 0 aromatic heterocycles. The quantitative estimate of drug-likeness (QED) is 0.526. The highest BCUT2D eigenvalue weighted by molar-refractivity contribution is 5.02. The van der Waals surface area contributed by atoms with Gasteiger partial charge in [0.05, 0.1) is 6.10 Å². The molecule has 0 bridgehead atoms. The molecule has 0 aromatic rings. The molecule has 0 rings (SSSR count). The van der Waals surface area contributed by atoms with Crippen molar-refractivity contribution in [1.29, 1.82) is 0 Å². The van der Waals surface area contributed by atoms with Crippen molar-refractivity contribution >= 4 is 0 Å². The molecular formula is C8H14O. The van der Waals surface area contributed by atoms with Crippen LogP contribution >= 0.6 is 0 Å². The van der Waals surface area contributed by atoms with Gasteiger partial charge in [0.2, 0.25) is 0 Å². The maximum atomic E-state index is 4.98. The molecule has 0 aliphatic heterocycles. The fourth-order valence-electron chi connectivity index (χ4n) is 0.410. The minimum Gasteiger partial charge on any atom is -0.378 e. The number of ether oxygens (including phenoxy) is 1. The normalized spacial score (nSPS) is 15.4. The summed E-state index contributed by atoms with van der Waals surface area (Å²) in [5.74, 6) is 0. The van der Waals surface area contributed by atoms with Gasteiger partial charge in [-0.05, 0) is 13.8 Å². The van der Waals surface area contributed by atoms with Crippen LogP contribution in [0.5, 0.6) is 0 Å². The van der Waals surface area contributed by atoms with Gasteiger partial charge in [0.15, 0.2) is 0 Å². The average molecular weight is 126 g/mol. The lowest BCUT2D eigenvalue weighted by Gasteiger charge is -1.99. The zero-order valence-corrected chi connectivity index (χ0v) is 6.29. The number of hydrogen-bond donors (Lipinski definition) is 0. The third kappa shape index (κ3) is 5.31. The van der Waals surface area contributed by atoms with Gasteiger partial charge in [-0.3, -0.25) is 0 Å². The summed E-state index contributed by atoms with van der Waals surface area (Å²) in [6.07, 6.45) is 8.17. The van der Waals surface area contributed by atoms with Crippen LogP contribution < -0.4 is 0 Å². The Morgan fingerprint density at radius 3 is 2.44 bits per heavy atom. The third-order valence-corrected chi connectivity index (χ3v) is 1.06. The zero-order chi connectivity index (χ0) is 7.11. The maximum Gasteiger partial charge on any atom is 0.0726 e. The second-order valence-corrected chi connectivity index (χ2v) is 1.85. The molecule has 0 fully saturated rings. The first-order chi connectivity index (χ1) is 4.31. The van der Waals surface area contributed by atoms with Crippen molar-refractivity contribution in [3.8, 4) is 0 Å². The van der Waals surface area contributed by atoms with Crippen LogP contribution in [0.25, 0.3) is 0 Å². The maximum absolute atomic E-state index is 4.98. The van der Waals surface area contributed by atoms with Crippen molar-refractivity contribution in [2.24, 2.45) is 0 Å². The highest BCUT2D eigenvalue weighted by atomic mass is 16.5. The lowest BCUT2D eigenvalue weighted by atomic mass is 10.3. The smallest absolute Gasteiger partial charge is 0.0726 e. The summed E-state index contributed by atoms with van der Waals surface area (Å²) < 4.78 is 4.98. The van der Waals surface area contributed by atoms with E-state index < -0.39 is 0 Å². The van der Waals surface area contributed by atoms with E-state index in [9.17, 15) is 0 Å². The number of rotatable bonds is 3. The lowest BCUT2D eigenvalue weighted by molar-refractivity contribution is 0.156. The summed E-state index contributed by atoms with van der Waals surface area (Å²) in [5, 5.41) is 0. The topological polar surface area (TPSA) is 9.23 Å². The Morgan fingerprint density at radius 1 is 1.33 bits per heavy atom. The standard InChI is InChI=1S/C8H14O/c1-4-5-6-7-8(2)9-3/h4-8H,1-3H3/b5-4-,7-6+. The average Bonchev–Trinajstić information content (AvgIpc) is 1.89. The number of allylic oxidation sites excluding steroid dienone is 3. The molecule has 0 N–H and O–H groups in total. The van der Waals surface area contributed by atoms with E-state index in [2.05, 4.69) is 0 Å². The molecule has 0 aromatic carbocycles. The van der Waals surface area contributed by atoms with Gasteiger partial charge in [-0.25, -0.2) is 0 Å². The van der Waals surface area contributed by atoms with Crippen LogP contribution in [0.15, 0.2) is 24.3 Å². The van der Waals surface area contributed by atoms with Gasteiger partial charge in [-0.1, -0.05) is 24.3 Å². The predicted octanol–water partition coefficient (Wildman–Crippen LogP) is 2.15. The van der Waals surface area contributed by atoms with E-state index in [4.69, 9.17) is 4.74 Å². The van der Waals surface area contributed by atoms with Crippen LogP contribution in [0, 0.1) is 0 Å². The molecule has 52 valence electrons. The second kappa shape index (κ2) is 5.57. The number of hydrogen-bond acceptors (Lipinski definition) is 1. The largest absolute Gasteiger partial charge is 0.378 e. The molecule has 0 aliphatic carbocycles. The summed E-state index contributed by atoms with van der Waals surface area (Å²) in [6.45, 7) is 3.99. The summed E-state index contributed by atoms with van der Waals surface area (Å²) in [5.41, 5.74) is 0. The van der Waals surface area contributed by atoms with E-state index in [-0.39, 0.29) is 6.10 Å². The first-order valence-corrected chi connectivity index (χ1v) is 3.13. The van der Waals surface area contributed by atoms with E-state index >= 15 is 0 Å². The van der Waals surface area contributed by atoms with Crippen LogP contribution in [0.1, 0.15) is 13.8 Å². The minimum absolute atomic E-state index is 0.223. The minimum atomic E-state index is 0.223. The van der Waals surface area contributed by atoms with Crippen LogP contribution in [0.3, 0.4) is 0 Å². The van der Waals surface area contributed by atoms with Crippen LogP contribution in [-0.2, 0) is 4.74 Å². The van der Waals surface area contributed by atoms with Gasteiger partial charge in [-0.2, -0.15) is 0 Å². The van der Waals surface area contributed by atoms with E-state index in [0.29, 0.717) is 0 Å². The van der Waals surface area contributed by atoms with Crippen molar-refractivity contribution < 1.29 is 4.74 Å². The van der Waals surface area contributed by atoms with Crippen molar-refractivity contribution in [2.75, 3.05) is 7.11 Å². The fraction of sp³-hybridized carbons (Fsp3) is 0.500. The third-order valence-electron chi connectivity index (χ3n) is 1.06. The summed E-state index contributed by atoms with van der Waals surface area (Å²) in [6, 6.07) is 0. The van der Waals surface area contributed by atoms with Crippen molar-refractivity contribution in [1.82, 2.24) is 0 Å². The Labute approximate surface area is 57.0 Å². The number of methoxy groups -OCH3 is 1. The molecule has 1 unspecified atom stereocenters. The molecule has 0 aliphatic rings. The van der Waals surface area contributed by atoms with Crippen LogP contribution in [0.2, 0.25) is 0 Å². The second-order valence-electron chi connectivity index (χ2n) is 1.85. The first kappa shape index (κ1) is 8.44. The van der Waals surface area contributed by atoms with Gasteiger partial charge in [0.1, 0.15) is 0 Å². The highest BCUT2D eigenvalue weighted by Crippen LogP contribution is 1.89. The van der Waals surface area contributed by atoms with E-state index in [0.717, 1.165) is 0 Å². The van der Waals surface area contributed by atoms with Gasteiger partial charge in [0, 0.05) is 7.11 Å². The Balaban J connectivity index is 3.43. The first-order valence-electron chi connectivity index (χ1n) is 3.13. The molecule has 0 spiro atoms. The molecule has 0 amide bonds. The molecule has 0 saturated heterocycles. The molecule has 1 atom stereocenters. The van der Waals surface area contributed by atoms with Crippen molar-refractivity contribution in [3.63, 3.8) is 0 Å². The zero-order valence-electron chi connectivity index (χ0n) is 6.29. The van der Waals surface area contributed by atoms with Gasteiger partial charge < -0.3 is 4.74 Å². The van der Waals surface area contributed by atoms with Crippen LogP contribution in [-0.4, -0.2) is 13.2 Å². The molecule has 1 heteroatoms. The molecular weight excluding hydrogens is 112 g/mol. The molecule has 9 heavy (non-hydrogen) atoms. The Kier molecular flexibility index (Phi) is 5.23. The lowest BCUT2D eigenvalue weighted by Crippen LogP contribution is -1.97. The van der Waals surface area contributed by atoms with Gasteiger partial charge >= 0.3 is 0 Å².